The summed E-state index contributed by atoms with van der Waals surface area (Å²) in [5.41, 5.74) is 1.23. The predicted molar refractivity (Wildman–Crippen MR) is 65.1 cm³/mol. The second-order valence-corrected chi connectivity index (χ2v) is 5.20. The van der Waals surface area contributed by atoms with Crippen molar-refractivity contribution in [1.29, 1.82) is 0 Å². The summed E-state index contributed by atoms with van der Waals surface area (Å²) in [5.74, 6) is 1.55. The van der Waals surface area contributed by atoms with Gasteiger partial charge in [0.1, 0.15) is 11.9 Å². The maximum Gasteiger partial charge on any atom is 0.124 e. The number of hydrogen-bond donors (Lipinski definition) is 1. The van der Waals surface area contributed by atoms with E-state index in [0.29, 0.717) is 5.92 Å². The van der Waals surface area contributed by atoms with Gasteiger partial charge in [0.15, 0.2) is 0 Å². The molecule has 0 aliphatic carbocycles. The number of rotatable bonds is 1. The van der Waals surface area contributed by atoms with Crippen LogP contribution in [-0.2, 0) is 6.54 Å². The fraction of sp³-hybridized carbons (Fsp3) is 0.500. The van der Waals surface area contributed by atoms with E-state index in [1.165, 1.54) is 5.56 Å². The number of ether oxygens (including phenoxy) is 1. The smallest absolute Gasteiger partial charge is 0.124 e. The number of nitrogens with one attached hydrogen (secondary N) is 1. The van der Waals surface area contributed by atoms with E-state index in [4.69, 9.17) is 4.74 Å². The minimum absolute atomic E-state index is 0.271. The molecule has 1 N–H and O–H groups in total. The topological polar surface area (TPSA) is 21.3 Å². The maximum atomic E-state index is 5.99. The maximum absolute atomic E-state index is 5.99. The van der Waals surface area contributed by atoms with E-state index < -0.39 is 0 Å². The van der Waals surface area contributed by atoms with Gasteiger partial charge in [-0.25, -0.2) is 0 Å². The molecule has 1 aromatic carbocycles. The highest BCUT2D eigenvalue weighted by atomic mass is 79.9. The van der Waals surface area contributed by atoms with Gasteiger partial charge in [-0.3, -0.25) is 0 Å². The molecule has 1 unspecified atom stereocenters. The van der Waals surface area contributed by atoms with Gasteiger partial charge in [-0.05, 0) is 24.1 Å². The minimum atomic E-state index is 0.271. The van der Waals surface area contributed by atoms with Crippen molar-refractivity contribution in [2.75, 3.05) is 6.54 Å². The molecule has 2 rings (SSSR count). The first-order chi connectivity index (χ1) is 7.16. The Hall–Kier alpha value is -0.540. The van der Waals surface area contributed by atoms with Gasteiger partial charge in [0, 0.05) is 23.1 Å². The van der Waals surface area contributed by atoms with Crippen molar-refractivity contribution in [3.8, 4) is 5.75 Å². The lowest BCUT2D eigenvalue weighted by atomic mass is 10.1. The van der Waals surface area contributed by atoms with Crippen LogP contribution >= 0.6 is 15.9 Å². The first kappa shape index (κ1) is 11.0. The monoisotopic (exact) mass is 269 g/mol. The van der Waals surface area contributed by atoms with Gasteiger partial charge in [0.2, 0.25) is 0 Å². The highest BCUT2D eigenvalue weighted by Gasteiger charge is 2.19. The molecule has 1 aromatic rings. The van der Waals surface area contributed by atoms with Gasteiger partial charge in [0.05, 0.1) is 0 Å². The summed E-state index contributed by atoms with van der Waals surface area (Å²) in [7, 11) is 0. The molecule has 82 valence electrons. The van der Waals surface area contributed by atoms with Crippen LogP contribution in [0.3, 0.4) is 0 Å². The van der Waals surface area contributed by atoms with Crippen molar-refractivity contribution in [3.63, 3.8) is 0 Å². The predicted octanol–water partition coefficient (Wildman–Crippen LogP) is 2.96. The standard InChI is InChI=1S/C12H16BrNO/c1-8(2)12-7-14-6-9-5-10(13)3-4-11(9)15-12/h3-5,8,12,14H,6-7H2,1-2H3. The third-order valence-corrected chi connectivity index (χ3v) is 3.20. The van der Waals surface area contributed by atoms with Gasteiger partial charge in [-0.1, -0.05) is 29.8 Å². The second-order valence-electron chi connectivity index (χ2n) is 4.28. The fourth-order valence-corrected chi connectivity index (χ4v) is 2.14. The molecule has 1 heterocycles. The average Bonchev–Trinajstić information content (AvgIpc) is 2.39. The molecule has 0 saturated carbocycles. The Balaban J connectivity index is 2.26. The number of benzene rings is 1. The Morgan fingerprint density at radius 3 is 3.00 bits per heavy atom. The molecule has 15 heavy (non-hydrogen) atoms. The normalized spacial score (nSPS) is 20.7. The van der Waals surface area contributed by atoms with Crippen LogP contribution in [0.4, 0.5) is 0 Å². The minimum Gasteiger partial charge on any atom is -0.489 e. The molecule has 0 amide bonds. The Morgan fingerprint density at radius 2 is 2.27 bits per heavy atom. The lowest BCUT2D eigenvalue weighted by Crippen LogP contribution is -2.32. The number of fused-ring (bicyclic) bond motifs is 1. The Kier molecular flexibility index (Phi) is 3.32. The van der Waals surface area contributed by atoms with E-state index in [1.54, 1.807) is 0 Å². The van der Waals surface area contributed by atoms with E-state index in [0.717, 1.165) is 23.3 Å². The van der Waals surface area contributed by atoms with E-state index in [-0.39, 0.29) is 6.10 Å². The largest absolute Gasteiger partial charge is 0.489 e. The zero-order chi connectivity index (χ0) is 10.8. The molecule has 0 saturated heterocycles. The third-order valence-electron chi connectivity index (χ3n) is 2.71. The van der Waals surface area contributed by atoms with Crippen molar-refractivity contribution in [1.82, 2.24) is 5.32 Å². The molecule has 2 nitrogen and oxygen atoms in total. The lowest BCUT2D eigenvalue weighted by Gasteiger charge is -2.20. The van der Waals surface area contributed by atoms with Crippen LogP contribution in [0.1, 0.15) is 19.4 Å². The van der Waals surface area contributed by atoms with Gasteiger partial charge in [-0.2, -0.15) is 0 Å². The summed E-state index contributed by atoms with van der Waals surface area (Å²) in [6, 6.07) is 6.19. The summed E-state index contributed by atoms with van der Waals surface area (Å²) in [5, 5.41) is 3.42. The summed E-state index contributed by atoms with van der Waals surface area (Å²) in [6.07, 6.45) is 0.271. The zero-order valence-corrected chi connectivity index (χ0v) is 10.7. The molecular weight excluding hydrogens is 254 g/mol. The van der Waals surface area contributed by atoms with Gasteiger partial charge < -0.3 is 10.1 Å². The van der Waals surface area contributed by atoms with Crippen LogP contribution in [0.15, 0.2) is 22.7 Å². The molecule has 0 fully saturated rings. The lowest BCUT2D eigenvalue weighted by molar-refractivity contribution is 0.156. The van der Waals surface area contributed by atoms with Crippen LogP contribution in [0.25, 0.3) is 0 Å². The molecule has 0 aromatic heterocycles. The summed E-state index contributed by atoms with van der Waals surface area (Å²) in [6.45, 7) is 6.19. The zero-order valence-electron chi connectivity index (χ0n) is 9.09. The second kappa shape index (κ2) is 4.54. The number of halogens is 1. The van der Waals surface area contributed by atoms with Crippen molar-refractivity contribution in [2.45, 2.75) is 26.5 Å². The van der Waals surface area contributed by atoms with E-state index in [2.05, 4.69) is 41.2 Å². The molecule has 1 atom stereocenters. The Labute approximate surface area is 99.1 Å². The van der Waals surface area contributed by atoms with Gasteiger partial charge >= 0.3 is 0 Å². The van der Waals surface area contributed by atoms with Gasteiger partial charge in [-0.15, -0.1) is 0 Å². The molecule has 1 aliphatic heterocycles. The van der Waals surface area contributed by atoms with E-state index in [9.17, 15) is 0 Å². The summed E-state index contributed by atoms with van der Waals surface area (Å²) in [4.78, 5) is 0. The van der Waals surface area contributed by atoms with Crippen molar-refractivity contribution in [2.24, 2.45) is 5.92 Å². The first-order valence-electron chi connectivity index (χ1n) is 5.32. The first-order valence-corrected chi connectivity index (χ1v) is 6.12. The van der Waals surface area contributed by atoms with Crippen molar-refractivity contribution < 1.29 is 4.74 Å². The third kappa shape index (κ3) is 2.52. The molecule has 1 aliphatic rings. The molecule has 0 spiro atoms. The molecule has 3 heteroatoms. The van der Waals surface area contributed by atoms with Crippen molar-refractivity contribution in [3.05, 3.63) is 28.2 Å². The van der Waals surface area contributed by atoms with Gasteiger partial charge in [0.25, 0.3) is 0 Å². The highest BCUT2D eigenvalue weighted by molar-refractivity contribution is 9.10. The fourth-order valence-electron chi connectivity index (χ4n) is 1.73. The highest BCUT2D eigenvalue weighted by Crippen LogP contribution is 2.26. The Morgan fingerprint density at radius 1 is 1.47 bits per heavy atom. The summed E-state index contributed by atoms with van der Waals surface area (Å²) >= 11 is 3.48. The SMILES string of the molecule is CC(C)C1CNCc2cc(Br)ccc2O1. The molecule has 0 radical (unpaired) electrons. The van der Waals surface area contributed by atoms with Crippen LogP contribution in [-0.4, -0.2) is 12.6 Å². The van der Waals surface area contributed by atoms with Crippen molar-refractivity contribution >= 4 is 15.9 Å². The van der Waals surface area contributed by atoms with E-state index >= 15 is 0 Å². The van der Waals surface area contributed by atoms with Crippen LogP contribution < -0.4 is 10.1 Å². The number of hydrogen-bond acceptors (Lipinski definition) is 2. The molecule has 0 bridgehead atoms. The quantitative estimate of drug-likeness (QED) is 0.847. The molecular formula is C12H16BrNO. The summed E-state index contributed by atoms with van der Waals surface area (Å²) < 4.78 is 7.10. The average molecular weight is 270 g/mol. The Bertz CT molecular complexity index is 351. The van der Waals surface area contributed by atoms with Crippen LogP contribution in [0.2, 0.25) is 0 Å². The van der Waals surface area contributed by atoms with Crippen LogP contribution in [0, 0.1) is 5.92 Å². The van der Waals surface area contributed by atoms with E-state index in [1.807, 2.05) is 12.1 Å². The van der Waals surface area contributed by atoms with Crippen LogP contribution in [0.5, 0.6) is 5.75 Å².